The Balaban J connectivity index is 1.67. The van der Waals surface area contributed by atoms with Gasteiger partial charge >= 0.3 is 0 Å². The zero-order valence-corrected chi connectivity index (χ0v) is 12.7. The molecule has 0 saturated heterocycles. The zero-order valence-electron chi connectivity index (χ0n) is 11.1. The van der Waals surface area contributed by atoms with Gasteiger partial charge in [-0.25, -0.2) is 9.67 Å². The van der Waals surface area contributed by atoms with E-state index in [1.165, 1.54) is 5.56 Å². The van der Waals surface area contributed by atoms with Crippen LogP contribution in [0.4, 0.5) is 0 Å². The van der Waals surface area contributed by atoms with Gasteiger partial charge in [-0.05, 0) is 18.0 Å². The van der Waals surface area contributed by atoms with E-state index in [2.05, 4.69) is 49.7 Å². The van der Waals surface area contributed by atoms with E-state index in [-0.39, 0.29) is 0 Å². The Morgan fingerprint density at radius 2 is 2.25 bits per heavy atom. The molecule has 0 spiro atoms. The monoisotopic (exact) mass is 305 g/mol. The van der Waals surface area contributed by atoms with E-state index in [9.17, 15) is 0 Å². The Labute approximate surface area is 125 Å². The normalized spacial score (nSPS) is 11.1. The number of rotatable bonds is 6. The summed E-state index contributed by atoms with van der Waals surface area (Å²) in [5, 5.41) is 18.8. The van der Waals surface area contributed by atoms with Crippen molar-refractivity contribution < 1.29 is 0 Å². The molecule has 3 heterocycles. The third-order valence-corrected chi connectivity index (χ3v) is 4.41. The Kier molecular flexibility index (Phi) is 4.19. The van der Waals surface area contributed by atoms with Crippen molar-refractivity contribution in [2.45, 2.75) is 20.0 Å². The third-order valence-electron chi connectivity index (χ3n) is 2.79. The lowest BCUT2D eigenvalue weighted by molar-refractivity contribution is 0.640. The van der Waals surface area contributed by atoms with Crippen molar-refractivity contribution in [2.24, 2.45) is 0 Å². The highest BCUT2D eigenvalue weighted by Crippen LogP contribution is 2.25. The second-order valence-corrected chi connectivity index (χ2v) is 5.98. The number of thiazole rings is 1. The molecule has 7 heteroatoms. The van der Waals surface area contributed by atoms with Crippen LogP contribution >= 0.6 is 22.7 Å². The Morgan fingerprint density at radius 3 is 3.05 bits per heavy atom. The first kappa shape index (κ1) is 13.4. The van der Waals surface area contributed by atoms with Crippen LogP contribution in [0, 0.1) is 0 Å². The maximum atomic E-state index is 4.64. The average molecular weight is 305 g/mol. The first-order valence-electron chi connectivity index (χ1n) is 6.42. The highest BCUT2D eigenvalue weighted by molar-refractivity contribution is 7.14. The fourth-order valence-corrected chi connectivity index (χ4v) is 3.34. The van der Waals surface area contributed by atoms with Crippen LogP contribution < -0.4 is 5.32 Å². The van der Waals surface area contributed by atoms with Crippen molar-refractivity contribution in [3.05, 3.63) is 39.8 Å². The molecule has 0 saturated carbocycles. The van der Waals surface area contributed by atoms with Gasteiger partial charge in [0.15, 0.2) is 0 Å². The van der Waals surface area contributed by atoms with Gasteiger partial charge < -0.3 is 5.32 Å². The molecule has 3 aromatic rings. The fourth-order valence-electron chi connectivity index (χ4n) is 1.81. The number of nitrogens with zero attached hydrogens (tertiary/aromatic N) is 4. The highest BCUT2D eigenvalue weighted by atomic mass is 32.1. The van der Waals surface area contributed by atoms with Crippen molar-refractivity contribution in [2.75, 3.05) is 6.54 Å². The van der Waals surface area contributed by atoms with Gasteiger partial charge in [0.05, 0.1) is 24.1 Å². The molecule has 0 aliphatic heterocycles. The molecule has 5 nitrogen and oxygen atoms in total. The van der Waals surface area contributed by atoms with E-state index in [1.807, 2.05) is 10.9 Å². The first-order valence-corrected chi connectivity index (χ1v) is 8.24. The second kappa shape index (κ2) is 6.25. The van der Waals surface area contributed by atoms with Crippen molar-refractivity contribution >= 4 is 22.7 Å². The summed E-state index contributed by atoms with van der Waals surface area (Å²) < 4.78 is 1.83. The molecule has 0 bridgehead atoms. The largest absolute Gasteiger partial charge is 0.311 e. The summed E-state index contributed by atoms with van der Waals surface area (Å²) in [5.74, 6) is 0. The van der Waals surface area contributed by atoms with Crippen LogP contribution in [0.3, 0.4) is 0 Å². The average Bonchev–Trinajstić information content (AvgIpc) is 3.18. The molecule has 3 rings (SSSR count). The van der Waals surface area contributed by atoms with Gasteiger partial charge in [-0.2, -0.15) is 11.3 Å². The van der Waals surface area contributed by atoms with Gasteiger partial charge in [0.1, 0.15) is 5.01 Å². The fraction of sp³-hybridized carbons (Fsp3) is 0.308. The molecule has 104 valence electrons. The van der Waals surface area contributed by atoms with E-state index in [0.717, 1.165) is 29.5 Å². The van der Waals surface area contributed by atoms with E-state index >= 15 is 0 Å². The van der Waals surface area contributed by atoms with Gasteiger partial charge in [-0.15, -0.1) is 16.4 Å². The molecule has 0 unspecified atom stereocenters. The third kappa shape index (κ3) is 3.12. The Morgan fingerprint density at radius 1 is 1.30 bits per heavy atom. The van der Waals surface area contributed by atoms with Gasteiger partial charge in [0, 0.05) is 22.9 Å². The van der Waals surface area contributed by atoms with Crippen LogP contribution in [0.1, 0.15) is 18.3 Å². The van der Waals surface area contributed by atoms with Crippen molar-refractivity contribution in [3.8, 4) is 10.6 Å². The summed E-state index contributed by atoms with van der Waals surface area (Å²) in [5.41, 5.74) is 3.17. The molecule has 0 aromatic carbocycles. The summed E-state index contributed by atoms with van der Waals surface area (Å²) in [6.45, 7) is 4.43. The minimum absolute atomic E-state index is 0.666. The Hall–Kier alpha value is -1.57. The van der Waals surface area contributed by atoms with E-state index in [4.69, 9.17) is 0 Å². The van der Waals surface area contributed by atoms with Crippen LogP contribution in [0.25, 0.3) is 10.6 Å². The van der Waals surface area contributed by atoms with E-state index in [1.54, 1.807) is 22.7 Å². The Bertz CT molecular complexity index is 656. The van der Waals surface area contributed by atoms with Crippen molar-refractivity contribution in [1.29, 1.82) is 0 Å². The predicted octanol–water partition coefficient (Wildman–Crippen LogP) is 2.62. The van der Waals surface area contributed by atoms with Gasteiger partial charge in [0.2, 0.25) is 0 Å². The summed E-state index contributed by atoms with van der Waals surface area (Å²) in [7, 11) is 0. The lowest BCUT2D eigenvalue weighted by Crippen LogP contribution is -2.11. The minimum Gasteiger partial charge on any atom is -0.311 e. The van der Waals surface area contributed by atoms with Crippen LogP contribution in [-0.4, -0.2) is 26.5 Å². The molecule has 3 aromatic heterocycles. The van der Waals surface area contributed by atoms with Crippen LogP contribution in [-0.2, 0) is 13.1 Å². The summed E-state index contributed by atoms with van der Waals surface area (Å²) in [4.78, 5) is 4.64. The van der Waals surface area contributed by atoms with Crippen molar-refractivity contribution in [3.63, 3.8) is 0 Å². The molecular formula is C13H15N5S2. The smallest absolute Gasteiger partial charge is 0.124 e. The molecule has 0 aliphatic carbocycles. The molecule has 0 aliphatic rings. The molecule has 0 amide bonds. The quantitative estimate of drug-likeness (QED) is 0.760. The van der Waals surface area contributed by atoms with E-state index < -0.39 is 0 Å². The number of hydrogen-bond acceptors (Lipinski definition) is 6. The second-order valence-electron chi connectivity index (χ2n) is 4.34. The number of thiophene rings is 1. The number of nitrogens with one attached hydrogen (secondary N) is 1. The molecule has 0 fully saturated rings. The topological polar surface area (TPSA) is 55.6 Å². The lowest BCUT2D eigenvalue weighted by atomic mass is 10.3. The zero-order chi connectivity index (χ0) is 13.8. The molecule has 1 N–H and O–H groups in total. The number of aromatic nitrogens is 4. The molecular weight excluding hydrogens is 290 g/mol. The summed E-state index contributed by atoms with van der Waals surface area (Å²) in [6, 6.07) is 2.09. The predicted molar refractivity (Wildman–Crippen MR) is 81.9 cm³/mol. The molecule has 0 atom stereocenters. The van der Waals surface area contributed by atoms with Gasteiger partial charge in [-0.1, -0.05) is 12.1 Å². The van der Waals surface area contributed by atoms with Gasteiger partial charge in [-0.3, -0.25) is 0 Å². The van der Waals surface area contributed by atoms with Crippen LogP contribution in [0.15, 0.2) is 28.4 Å². The maximum absolute atomic E-state index is 4.64. The number of hydrogen-bond donors (Lipinski definition) is 1. The summed E-state index contributed by atoms with van der Waals surface area (Å²) >= 11 is 3.36. The van der Waals surface area contributed by atoms with Crippen LogP contribution in [0.5, 0.6) is 0 Å². The van der Waals surface area contributed by atoms with Crippen molar-refractivity contribution in [1.82, 2.24) is 25.3 Å². The maximum Gasteiger partial charge on any atom is 0.124 e. The SMILES string of the molecule is CCNCc1cn(Cc2csc(-c3ccsc3)n2)nn1. The minimum atomic E-state index is 0.666. The molecule has 20 heavy (non-hydrogen) atoms. The lowest BCUT2D eigenvalue weighted by Gasteiger charge is -1.96. The molecule has 0 radical (unpaired) electrons. The first-order chi connectivity index (χ1) is 9.85. The van der Waals surface area contributed by atoms with Gasteiger partial charge in [0.25, 0.3) is 0 Å². The highest BCUT2D eigenvalue weighted by Gasteiger charge is 2.07. The standard InChI is InChI=1S/C13H15N5S2/c1-2-14-5-11-6-18(17-16-11)7-12-9-20-13(15-12)10-3-4-19-8-10/h3-4,6,8-9,14H,2,5,7H2,1H3. The van der Waals surface area contributed by atoms with Crippen LogP contribution in [0.2, 0.25) is 0 Å². The van der Waals surface area contributed by atoms with E-state index in [0.29, 0.717) is 6.54 Å². The summed E-state index contributed by atoms with van der Waals surface area (Å²) in [6.07, 6.45) is 1.96.